The molecule has 0 N–H and O–H groups in total. The number of alkyl halides is 3. The second-order valence-corrected chi connectivity index (χ2v) is 7.66. The van der Waals surface area contributed by atoms with Gasteiger partial charge in [-0.2, -0.15) is 13.2 Å². The molecule has 8 heteroatoms. The molecule has 1 aromatic rings. The van der Waals surface area contributed by atoms with Crippen LogP contribution in [-0.4, -0.2) is 40.3 Å². The minimum Gasteiger partial charge on any atom is -0.351 e. The Kier molecular flexibility index (Phi) is 4.31. The van der Waals surface area contributed by atoms with Crippen LogP contribution in [0.4, 0.5) is 13.2 Å². The second-order valence-electron chi connectivity index (χ2n) is 7.66. The predicted molar refractivity (Wildman–Crippen MR) is 88.4 cm³/mol. The summed E-state index contributed by atoms with van der Waals surface area (Å²) in [6.07, 6.45) is 3.96. The lowest BCUT2D eigenvalue weighted by molar-refractivity contribution is -0.180. The summed E-state index contributed by atoms with van der Waals surface area (Å²) < 4.78 is 41.5. The third-order valence-electron chi connectivity index (χ3n) is 6.20. The van der Waals surface area contributed by atoms with Crippen LogP contribution in [0.1, 0.15) is 44.6 Å². The SMILES string of the molecule is O=C(C1CCC(n2cccc2)CC1)N1CCC(C2(C(F)(F)F)N=N2)CC1. The highest BCUT2D eigenvalue weighted by atomic mass is 19.4. The molecule has 0 atom stereocenters. The molecule has 1 saturated carbocycles. The molecule has 3 aliphatic rings. The van der Waals surface area contributed by atoms with E-state index in [-0.39, 0.29) is 11.8 Å². The van der Waals surface area contributed by atoms with Crippen LogP contribution in [-0.2, 0) is 4.79 Å². The van der Waals surface area contributed by atoms with Gasteiger partial charge in [0, 0.05) is 43.4 Å². The Balaban J connectivity index is 1.28. The average molecular weight is 368 g/mol. The standard InChI is InChI=1S/C18H23F3N4O/c19-18(20,21)17(22-23-17)14-7-11-25(12-8-14)16(26)13-3-5-15(6-4-13)24-9-1-2-10-24/h1-2,9-10,13-15H,3-8,11-12H2. The van der Waals surface area contributed by atoms with Gasteiger partial charge in [0.05, 0.1) is 0 Å². The lowest BCUT2D eigenvalue weighted by Crippen LogP contribution is -2.48. The van der Waals surface area contributed by atoms with Crippen LogP contribution in [0.2, 0.25) is 0 Å². The maximum Gasteiger partial charge on any atom is 0.437 e. The van der Waals surface area contributed by atoms with Crippen molar-refractivity contribution in [1.29, 1.82) is 0 Å². The van der Waals surface area contributed by atoms with Gasteiger partial charge in [-0.05, 0) is 50.7 Å². The molecule has 0 spiro atoms. The number of aromatic nitrogens is 1. The number of carbonyl (C=O) groups is 1. The van der Waals surface area contributed by atoms with Crippen molar-refractivity contribution >= 4 is 5.91 Å². The number of hydrogen-bond acceptors (Lipinski definition) is 3. The Hall–Kier alpha value is -1.86. The van der Waals surface area contributed by atoms with E-state index in [0.717, 1.165) is 25.7 Å². The van der Waals surface area contributed by atoms with Crippen LogP contribution in [0, 0.1) is 11.8 Å². The fourth-order valence-electron chi connectivity index (χ4n) is 4.53. The van der Waals surface area contributed by atoms with Gasteiger partial charge in [0.15, 0.2) is 0 Å². The van der Waals surface area contributed by atoms with Crippen molar-refractivity contribution in [2.75, 3.05) is 13.1 Å². The van der Waals surface area contributed by atoms with Crippen LogP contribution in [0.25, 0.3) is 0 Å². The van der Waals surface area contributed by atoms with E-state index in [0.29, 0.717) is 32.0 Å². The molecule has 0 unspecified atom stereocenters. The summed E-state index contributed by atoms with van der Waals surface area (Å²) in [6, 6.07) is 4.46. The largest absolute Gasteiger partial charge is 0.437 e. The van der Waals surface area contributed by atoms with Crippen LogP contribution in [0.5, 0.6) is 0 Å². The normalized spacial score (nSPS) is 29.0. The maximum atomic E-state index is 13.1. The third kappa shape index (κ3) is 3.03. The maximum absolute atomic E-state index is 13.1. The van der Waals surface area contributed by atoms with E-state index in [9.17, 15) is 18.0 Å². The minimum absolute atomic E-state index is 0.00485. The summed E-state index contributed by atoms with van der Waals surface area (Å²) in [4.78, 5) is 14.5. The summed E-state index contributed by atoms with van der Waals surface area (Å²) in [6.45, 7) is 0.758. The number of rotatable bonds is 3. The lowest BCUT2D eigenvalue weighted by Gasteiger charge is -2.37. The number of hydrogen-bond donors (Lipinski definition) is 0. The van der Waals surface area contributed by atoms with E-state index in [1.165, 1.54) is 0 Å². The third-order valence-corrected chi connectivity index (χ3v) is 6.20. The van der Waals surface area contributed by atoms with E-state index < -0.39 is 17.8 Å². The molecule has 142 valence electrons. The van der Waals surface area contributed by atoms with E-state index in [2.05, 4.69) is 27.2 Å². The molecular weight excluding hydrogens is 345 g/mol. The molecule has 1 saturated heterocycles. The first-order chi connectivity index (χ1) is 12.4. The summed E-state index contributed by atoms with van der Waals surface area (Å²) in [7, 11) is 0. The summed E-state index contributed by atoms with van der Waals surface area (Å²) in [5.41, 5.74) is -2.18. The van der Waals surface area contributed by atoms with Crippen molar-refractivity contribution in [3.05, 3.63) is 24.5 Å². The van der Waals surface area contributed by atoms with E-state index >= 15 is 0 Å². The topological polar surface area (TPSA) is 50.0 Å². The molecule has 0 bridgehead atoms. The molecule has 2 aliphatic heterocycles. The molecule has 0 aromatic carbocycles. The molecule has 3 heterocycles. The minimum atomic E-state index is -4.42. The van der Waals surface area contributed by atoms with Crippen molar-refractivity contribution < 1.29 is 18.0 Å². The molecule has 26 heavy (non-hydrogen) atoms. The van der Waals surface area contributed by atoms with E-state index in [1.54, 1.807) is 4.90 Å². The van der Waals surface area contributed by atoms with Crippen LogP contribution in [0.15, 0.2) is 34.8 Å². The highest BCUT2D eigenvalue weighted by Gasteiger charge is 2.68. The molecule has 1 amide bonds. The van der Waals surface area contributed by atoms with Gasteiger partial charge in [0.25, 0.3) is 5.66 Å². The molecule has 1 aliphatic carbocycles. The molecule has 1 aromatic heterocycles. The zero-order valence-electron chi connectivity index (χ0n) is 14.5. The van der Waals surface area contributed by atoms with E-state index in [1.807, 2.05) is 12.1 Å². The predicted octanol–water partition coefficient (Wildman–Crippen LogP) is 4.18. The monoisotopic (exact) mass is 368 g/mol. The van der Waals surface area contributed by atoms with Gasteiger partial charge in [-0.15, -0.1) is 10.2 Å². The molecule has 2 fully saturated rings. The van der Waals surface area contributed by atoms with Gasteiger partial charge in [-0.3, -0.25) is 4.79 Å². The molecule has 4 rings (SSSR count). The zero-order valence-corrected chi connectivity index (χ0v) is 14.5. The summed E-state index contributed by atoms with van der Waals surface area (Å²) in [5, 5.41) is 6.63. The molecular formula is C18H23F3N4O. The van der Waals surface area contributed by atoms with Gasteiger partial charge in [-0.25, -0.2) is 0 Å². The first-order valence-electron chi connectivity index (χ1n) is 9.33. The number of amides is 1. The zero-order chi connectivity index (χ0) is 18.4. The lowest BCUT2D eigenvalue weighted by atomic mass is 9.83. The van der Waals surface area contributed by atoms with Crippen molar-refractivity contribution in [2.24, 2.45) is 22.1 Å². The number of likely N-dealkylation sites (tertiary alicyclic amines) is 1. The highest BCUT2D eigenvalue weighted by molar-refractivity contribution is 5.79. The van der Waals surface area contributed by atoms with Gasteiger partial charge in [0.1, 0.15) is 0 Å². The van der Waals surface area contributed by atoms with Gasteiger partial charge >= 0.3 is 6.18 Å². The van der Waals surface area contributed by atoms with Crippen molar-refractivity contribution in [1.82, 2.24) is 9.47 Å². The number of halogens is 3. The Labute approximate surface area is 150 Å². The highest BCUT2D eigenvalue weighted by Crippen LogP contribution is 2.52. The number of nitrogens with zero attached hydrogens (tertiary/aromatic N) is 4. The fraction of sp³-hybridized carbons (Fsp3) is 0.722. The van der Waals surface area contributed by atoms with Gasteiger partial charge < -0.3 is 9.47 Å². The van der Waals surface area contributed by atoms with Crippen molar-refractivity contribution in [3.8, 4) is 0 Å². The summed E-state index contributed by atoms with van der Waals surface area (Å²) >= 11 is 0. The first-order valence-corrected chi connectivity index (χ1v) is 9.33. The first kappa shape index (κ1) is 17.5. The Bertz CT molecular complexity index is 663. The van der Waals surface area contributed by atoms with Crippen LogP contribution < -0.4 is 0 Å². The van der Waals surface area contributed by atoms with Crippen molar-refractivity contribution in [2.45, 2.75) is 56.4 Å². The molecule has 5 nitrogen and oxygen atoms in total. The molecule has 0 radical (unpaired) electrons. The quantitative estimate of drug-likeness (QED) is 0.789. The summed E-state index contributed by atoms with van der Waals surface area (Å²) in [5.74, 6) is -0.513. The van der Waals surface area contributed by atoms with E-state index in [4.69, 9.17) is 0 Å². The fourth-order valence-corrected chi connectivity index (χ4v) is 4.53. The number of piperidine rings is 1. The second kappa shape index (κ2) is 6.39. The van der Waals surface area contributed by atoms with Crippen LogP contribution >= 0.6 is 0 Å². The Morgan fingerprint density at radius 3 is 2.04 bits per heavy atom. The number of carbonyl (C=O) groups excluding carboxylic acids is 1. The Morgan fingerprint density at radius 1 is 0.962 bits per heavy atom. The van der Waals surface area contributed by atoms with Crippen molar-refractivity contribution in [3.63, 3.8) is 0 Å². The van der Waals surface area contributed by atoms with Gasteiger partial charge in [0.2, 0.25) is 5.91 Å². The smallest absolute Gasteiger partial charge is 0.351 e. The Morgan fingerprint density at radius 2 is 1.54 bits per heavy atom. The average Bonchev–Trinajstić information content (AvgIpc) is 3.30. The van der Waals surface area contributed by atoms with Crippen LogP contribution in [0.3, 0.4) is 0 Å². The van der Waals surface area contributed by atoms with Gasteiger partial charge in [-0.1, -0.05) is 0 Å².